The van der Waals surface area contributed by atoms with Gasteiger partial charge in [0.2, 0.25) is 5.88 Å². The molecule has 0 spiro atoms. The molecule has 2 heterocycles. The molecule has 0 saturated heterocycles. The molecule has 0 aliphatic carbocycles. The van der Waals surface area contributed by atoms with Crippen molar-refractivity contribution in [3.8, 4) is 17.4 Å². The van der Waals surface area contributed by atoms with Crippen molar-refractivity contribution in [2.45, 2.75) is 20.8 Å². The van der Waals surface area contributed by atoms with Gasteiger partial charge in [0.1, 0.15) is 17.9 Å². The van der Waals surface area contributed by atoms with Crippen molar-refractivity contribution < 1.29 is 13.9 Å². The quantitative estimate of drug-likeness (QED) is 0.454. The first-order chi connectivity index (χ1) is 15.4. The molecule has 4 rings (SSSR count). The fourth-order valence-corrected chi connectivity index (χ4v) is 2.92. The third kappa shape index (κ3) is 4.72. The van der Waals surface area contributed by atoms with Gasteiger partial charge in [-0.15, -0.1) is 10.2 Å². The first-order valence-corrected chi connectivity index (χ1v) is 9.86. The second kappa shape index (κ2) is 8.84. The van der Waals surface area contributed by atoms with Gasteiger partial charge in [0, 0.05) is 23.1 Å². The molecule has 2 N–H and O–H groups in total. The van der Waals surface area contributed by atoms with E-state index in [1.807, 2.05) is 18.4 Å². The van der Waals surface area contributed by atoms with E-state index in [0.717, 1.165) is 11.4 Å². The van der Waals surface area contributed by atoms with Crippen LogP contribution in [0.3, 0.4) is 0 Å². The molecule has 0 atom stereocenters. The summed E-state index contributed by atoms with van der Waals surface area (Å²) in [4.78, 5) is 16.4. The van der Waals surface area contributed by atoms with Crippen molar-refractivity contribution in [2.24, 2.45) is 0 Å². The third-order valence-electron chi connectivity index (χ3n) is 4.89. The normalized spacial score (nSPS) is 10.6. The highest BCUT2D eigenvalue weighted by atomic mass is 19.1. The van der Waals surface area contributed by atoms with Crippen molar-refractivity contribution in [2.75, 3.05) is 10.6 Å². The van der Waals surface area contributed by atoms with Gasteiger partial charge in [0.25, 0.3) is 0 Å². The third-order valence-corrected chi connectivity index (χ3v) is 4.89. The number of rotatable bonds is 5. The highest BCUT2D eigenvalue weighted by Crippen LogP contribution is 2.22. The predicted octanol–water partition coefficient (Wildman–Crippen LogP) is 5.16. The molecule has 0 bridgehead atoms. The standard InChI is InChI=1S/C23H21FN6O2/c1-14-4-5-18(12-20(14)24)27-23(31)26-17-6-8-19(9-7-17)32-22-11-10-21(28-29-22)30-13-25-15(2)16(30)3/h4-13H,1-3H3,(H2,26,27,31). The van der Waals surface area contributed by atoms with Crippen LogP contribution < -0.4 is 15.4 Å². The summed E-state index contributed by atoms with van der Waals surface area (Å²) in [7, 11) is 0. The summed E-state index contributed by atoms with van der Waals surface area (Å²) >= 11 is 0. The summed E-state index contributed by atoms with van der Waals surface area (Å²) < 4.78 is 21.2. The molecule has 4 aromatic rings. The number of aryl methyl sites for hydroxylation is 2. The molecule has 32 heavy (non-hydrogen) atoms. The Morgan fingerprint density at radius 2 is 1.66 bits per heavy atom. The van der Waals surface area contributed by atoms with Crippen LogP contribution in [0.25, 0.3) is 5.82 Å². The van der Waals surface area contributed by atoms with Crippen molar-refractivity contribution in [1.29, 1.82) is 0 Å². The van der Waals surface area contributed by atoms with E-state index >= 15 is 0 Å². The van der Waals surface area contributed by atoms with E-state index in [1.165, 1.54) is 6.07 Å². The number of carbonyl (C=O) groups excluding carboxylic acids is 1. The summed E-state index contributed by atoms with van der Waals surface area (Å²) in [6, 6.07) is 14.3. The van der Waals surface area contributed by atoms with Crippen LogP contribution in [0.2, 0.25) is 0 Å². The smallest absolute Gasteiger partial charge is 0.323 e. The number of halogens is 1. The van der Waals surface area contributed by atoms with E-state index in [0.29, 0.717) is 34.4 Å². The number of anilines is 2. The van der Waals surface area contributed by atoms with Gasteiger partial charge in [-0.05, 0) is 68.8 Å². The fourth-order valence-electron chi connectivity index (χ4n) is 2.92. The van der Waals surface area contributed by atoms with Crippen LogP contribution in [0, 0.1) is 26.6 Å². The molecule has 0 radical (unpaired) electrons. The molecular formula is C23H21FN6O2. The van der Waals surface area contributed by atoms with E-state index in [2.05, 4.69) is 25.8 Å². The van der Waals surface area contributed by atoms with Crippen molar-refractivity contribution >= 4 is 17.4 Å². The highest BCUT2D eigenvalue weighted by Gasteiger charge is 2.08. The van der Waals surface area contributed by atoms with Gasteiger partial charge in [0.15, 0.2) is 5.82 Å². The summed E-state index contributed by atoms with van der Waals surface area (Å²) in [6.45, 7) is 5.55. The van der Waals surface area contributed by atoms with E-state index in [-0.39, 0.29) is 5.82 Å². The zero-order chi connectivity index (χ0) is 22.7. The second-order valence-electron chi connectivity index (χ2n) is 7.18. The maximum Gasteiger partial charge on any atom is 0.323 e. The molecule has 0 aliphatic rings. The molecular weight excluding hydrogens is 411 g/mol. The number of aromatic nitrogens is 4. The van der Waals surface area contributed by atoms with Crippen LogP contribution in [0.15, 0.2) is 60.9 Å². The summed E-state index contributed by atoms with van der Waals surface area (Å²) in [5.41, 5.74) is 3.36. The summed E-state index contributed by atoms with van der Waals surface area (Å²) in [5, 5.41) is 13.6. The Morgan fingerprint density at radius 3 is 2.28 bits per heavy atom. The van der Waals surface area contributed by atoms with E-state index in [4.69, 9.17) is 4.74 Å². The molecule has 162 valence electrons. The predicted molar refractivity (Wildman–Crippen MR) is 119 cm³/mol. The zero-order valence-electron chi connectivity index (χ0n) is 17.8. The van der Waals surface area contributed by atoms with Crippen LogP contribution in [-0.2, 0) is 0 Å². The molecule has 2 aromatic heterocycles. The minimum atomic E-state index is -0.478. The monoisotopic (exact) mass is 432 g/mol. The first kappa shape index (κ1) is 21.0. The Balaban J connectivity index is 1.35. The van der Waals surface area contributed by atoms with Crippen molar-refractivity contribution in [1.82, 2.24) is 19.7 Å². The van der Waals surface area contributed by atoms with Crippen molar-refractivity contribution in [3.63, 3.8) is 0 Å². The number of nitrogens with one attached hydrogen (secondary N) is 2. The van der Waals surface area contributed by atoms with Crippen LogP contribution >= 0.6 is 0 Å². The number of amides is 2. The minimum Gasteiger partial charge on any atom is -0.438 e. The van der Waals surface area contributed by atoms with Crippen LogP contribution in [0.1, 0.15) is 17.0 Å². The number of urea groups is 1. The van der Waals surface area contributed by atoms with Gasteiger partial charge in [-0.2, -0.15) is 0 Å². The highest BCUT2D eigenvalue weighted by molar-refractivity contribution is 5.99. The molecule has 0 fully saturated rings. The Labute approximate surface area is 184 Å². The van der Waals surface area contributed by atoms with E-state index in [9.17, 15) is 9.18 Å². The molecule has 0 saturated carbocycles. The van der Waals surface area contributed by atoms with Crippen LogP contribution in [0.5, 0.6) is 11.6 Å². The summed E-state index contributed by atoms with van der Waals surface area (Å²) in [6.07, 6.45) is 1.70. The topological polar surface area (TPSA) is 94.0 Å². The van der Waals surface area contributed by atoms with E-state index in [1.54, 1.807) is 61.8 Å². The van der Waals surface area contributed by atoms with Gasteiger partial charge < -0.3 is 15.4 Å². The van der Waals surface area contributed by atoms with Gasteiger partial charge in [-0.25, -0.2) is 14.2 Å². The first-order valence-electron chi connectivity index (χ1n) is 9.86. The number of nitrogens with zero attached hydrogens (tertiary/aromatic N) is 4. The van der Waals surface area contributed by atoms with Crippen LogP contribution in [-0.4, -0.2) is 25.8 Å². The average Bonchev–Trinajstić information content (AvgIpc) is 3.11. The molecule has 8 nitrogen and oxygen atoms in total. The molecule has 9 heteroatoms. The lowest BCUT2D eigenvalue weighted by Gasteiger charge is -2.10. The lowest BCUT2D eigenvalue weighted by molar-refractivity contribution is 0.262. The summed E-state index contributed by atoms with van der Waals surface area (Å²) in [5.74, 6) is 1.14. The Bertz CT molecular complexity index is 1250. The fraction of sp³-hybridized carbons (Fsp3) is 0.130. The van der Waals surface area contributed by atoms with Gasteiger partial charge in [-0.1, -0.05) is 6.07 Å². The maximum atomic E-state index is 13.6. The largest absolute Gasteiger partial charge is 0.438 e. The average molecular weight is 432 g/mol. The van der Waals surface area contributed by atoms with Crippen LogP contribution in [0.4, 0.5) is 20.6 Å². The molecule has 2 aromatic carbocycles. The number of benzene rings is 2. The number of carbonyl (C=O) groups is 1. The van der Waals surface area contributed by atoms with Gasteiger partial charge in [0.05, 0.1) is 5.69 Å². The maximum absolute atomic E-state index is 13.6. The second-order valence-corrected chi connectivity index (χ2v) is 7.18. The Morgan fingerprint density at radius 1 is 0.938 bits per heavy atom. The van der Waals surface area contributed by atoms with E-state index < -0.39 is 6.03 Å². The minimum absolute atomic E-state index is 0.336. The SMILES string of the molecule is Cc1ccc(NC(=O)Nc2ccc(Oc3ccc(-n4cnc(C)c4C)nn3)cc2)cc1F. The number of hydrogen-bond donors (Lipinski definition) is 2. The number of imidazole rings is 1. The lowest BCUT2D eigenvalue weighted by Crippen LogP contribution is -2.19. The zero-order valence-corrected chi connectivity index (χ0v) is 17.8. The number of ether oxygens (including phenoxy) is 1. The van der Waals surface area contributed by atoms with Gasteiger partial charge >= 0.3 is 6.03 Å². The molecule has 2 amide bonds. The number of hydrogen-bond acceptors (Lipinski definition) is 5. The van der Waals surface area contributed by atoms with Gasteiger partial charge in [-0.3, -0.25) is 4.57 Å². The Kier molecular flexibility index (Phi) is 5.80. The Hall–Kier alpha value is -4.27. The van der Waals surface area contributed by atoms with Crippen molar-refractivity contribution in [3.05, 3.63) is 83.7 Å². The molecule has 0 unspecified atom stereocenters. The molecule has 0 aliphatic heterocycles. The lowest BCUT2D eigenvalue weighted by atomic mass is 10.2.